The fraction of sp³-hybridized carbons (Fsp3) is 0.167. The Kier molecular flexibility index (Phi) is 3.56. The minimum absolute atomic E-state index is 0.303. The third-order valence-electron chi connectivity index (χ3n) is 2.50. The fourth-order valence-corrected chi connectivity index (χ4v) is 1.41. The first kappa shape index (κ1) is 12.7. The number of amides is 1. The molecule has 2 aromatic heterocycles. The summed E-state index contributed by atoms with van der Waals surface area (Å²) in [4.78, 5) is 30.4. The van der Waals surface area contributed by atoms with Gasteiger partial charge in [-0.1, -0.05) is 0 Å². The summed E-state index contributed by atoms with van der Waals surface area (Å²) in [6, 6.07) is 2.29. The Hall–Kier alpha value is -2.70. The van der Waals surface area contributed by atoms with Crippen molar-refractivity contribution in [2.45, 2.75) is 13.0 Å². The molecule has 1 atom stereocenters. The number of nitrogens with one attached hydrogen (secondary N) is 1. The molecule has 0 radical (unpaired) electrons. The zero-order chi connectivity index (χ0) is 13.8. The number of carbonyl (C=O) groups excluding carboxylic acids is 1. The van der Waals surface area contributed by atoms with Crippen molar-refractivity contribution in [2.24, 2.45) is 0 Å². The van der Waals surface area contributed by atoms with Crippen LogP contribution in [0.3, 0.4) is 0 Å². The van der Waals surface area contributed by atoms with E-state index in [1.165, 1.54) is 13.1 Å². The first-order valence-electron chi connectivity index (χ1n) is 5.56. The van der Waals surface area contributed by atoms with E-state index in [0.717, 1.165) is 0 Å². The molecular formula is C12H12N4O3. The number of nitrogens with zero attached hydrogens (tertiary/aromatic N) is 3. The number of hydrogen-bond acceptors (Lipinski definition) is 4. The first-order chi connectivity index (χ1) is 9.08. The second-order valence-corrected chi connectivity index (χ2v) is 3.91. The second-order valence-electron chi connectivity index (χ2n) is 3.91. The van der Waals surface area contributed by atoms with Crippen LogP contribution < -0.4 is 5.32 Å². The lowest BCUT2D eigenvalue weighted by molar-refractivity contribution is -0.138. The largest absolute Gasteiger partial charge is 0.480 e. The van der Waals surface area contributed by atoms with Crippen LogP contribution in [0.5, 0.6) is 0 Å². The third kappa shape index (κ3) is 2.95. The summed E-state index contributed by atoms with van der Waals surface area (Å²) in [7, 11) is 0. The highest BCUT2D eigenvalue weighted by Crippen LogP contribution is 2.05. The molecule has 1 amide bonds. The lowest BCUT2D eigenvalue weighted by Crippen LogP contribution is -2.38. The van der Waals surface area contributed by atoms with Gasteiger partial charge < -0.3 is 10.4 Å². The molecule has 2 aromatic rings. The maximum atomic E-state index is 11.7. The summed E-state index contributed by atoms with van der Waals surface area (Å²) in [6.07, 6.45) is 6.33. The van der Waals surface area contributed by atoms with E-state index in [4.69, 9.17) is 5.11 Å². The van der Waals surface area contributed by atoms with Crippen molar-refractivity contribution in [3.05, 3.63) is 42.6 Å². The van der Waals surface area contributed by atoms with Gasteiger partial charge in [-0.2, -0.15) is 0 Å². The maximum absolute atomic E-state index is 11.7. The molecule has 0 unspecified atom stereocenters. The van der Waals surface area contributed by atoms with Crippen molar-refractivity contribution < 1.29 is 14.7 Å². The minimum Gasteiger partial charge on any atom is -0.480 e. The Morgan fingerprint density at radius 3 is 2.74 bits per heavy atom. The molecule has 0 aromatic carbocycles. The van der Waals surface area contributed by atoms with Gasteiger partial charge in [-0.3, -0.25) is 14.2 Å². The molecule has 7 heteroatoms. The summed E-state index contributed by atoms with van der Waals surface area (Å²) >= 11 is 0. The van der Waals surface area contributed by atoms with Gasteiger partial charge in [0.1, 0.15) is 18.2 Å². The Labute approximate surface area is 108 Å². The van der Waals surface area contributed by atoms with Crippen molar-refractivity contribution in [1.29, 1.82) is 0 Å². The van der Waals surface area contributed by atoms with Gasteiger partial charge in [0.2, 0.25) is 0 Å². The molecule has 2 N–H and O–H groups in total. The number of pyridine rings is 1. The van der Waals surface area contributed by atoms with Crippen molar-refractivity contribution in [2.75, 3.05) is 0 Å². The molecule has 2 heterocycles. The van der Waals surface area contributed by atoms with Crippen molar-refractivity contribution >= 4 is 11.9 Å². The van der Waals surface area contributed by atoms with Crippen molar-refractivity contribution in [1.82, 2.24) is 19.9 Å². The molecule has 19 heavy (non-hydrogen) atoms. The Bertz CT molecular complexity index is 578. The van der Waals surface area contributed by atoms with Crippen LogP contribution in [0.25, 0.3) is 5.82 Å². The first-order valence-corrected chi connectivity index (χ1v) is 5.56. The van der Waals surface area contributed by atoms with E-state index in [2.05, 4.69) is 15.3 Å². The predicted octanol–water partition coefficient (Wildman–Crippen LogP) is 0.470. The van der Waals surface area contributed by atoms with Crippen LogP contribution in [0.15, 0.2) is 37.1 Å². The van der Waals surface area contributed by atoms with Crippen LogP contribution in [0.1, 0.15) is 17.3 Å². The number of carboxylic acid groups (broad SMARTS) is 1. The quantitative estimate of drug-likeness (QED) is 0.832. The number of imidazole rings is 1. The summed E-state index contributed by atoms with van der Waals surface area (Å²) in [5.41, 5.74) is 0.303. The normalized spacial score (nSPS) is 11.8. The van der Waals surface area contributed by atoms with Gasteiger partial charge in [0, 0.05) is 18.6 Å². The average Bonchev–Trinajstić information content (AvgIpc) is 2.92. The molecule has 0 aliphatic rings. The number of aromatic nitrogens is 3. The lowest BCUT2D eigenvalue weighted by atomic mass is 10.2. The Morgan fingerprint density at radius 1 is 1.42 bits per heavy atom. The highest BCUT2D eigenvalue weighted by atomic mass is 16.4. The molecule has 0 aliphatic carbocycles. The number of hydrogen-bond donors (Lipinski definition) is 2. The highest BCUT2D eigenvalue weighted by molar-refractivity contribution is 5.96. The van der Waals surface area contributed by atoms with Crippen molar-refractivity contribution in [3.63, 3.8) is 0 Å². The van der Waals surface area contributed by atoms with Crippen LogP contribution in [0.2, 0.25) is 0 Å². The van der Waals surface area contributed by atoms with Crippen LogP contribution >= 0.6 is 0 Å². The van der Waals surface area contributed by atoms with E-state index in [-0.39, 0.29) is 0 Å². The zero-order valence-electron chi connectivity index (χ0n) is 10.1. The zero-order valence-corrected chi connectivity index (χ0v) is 10.1. The topological polar surface area (TPSA) is 97.1 Å². The van der Waals surface area contributed by atoms with E-state index >= 15 is 0 Å². The number of aliphatic carboxylic acids is 1. The van der Waals surface area contributed by atoms with Crippen molar-refractivity contribution in [3.8, 4) is 5.82 Å². The fourth-order valence-electron chi connectivity index (χ4n) is 1.41. The summed E-state index contributed by atoms with van der Waals surface area (Å²) in [5.74, 6) is -0.934. The maximum Gasteiger partial charge on any atom is 0.325 e. The van der Waals surface area contributed by atoms with E-state index < -0.39 is 17.9 Å². The summed E-state index contributed by atoms with van der Waals surface area (Å²) in [5, 5.41) is 11.1. The van der Waals surface area contributed by atoms with Gasteiger partial charge in [0.15, 0.2) is 0 Å². The van der Waals surface area contributed by atoms with Gasteiger partial charge in [0.05, 0.1) is 5.56 Å². The summed E-state index contributed by atoms with van der Waals surface area (Å²) < 4.78 is 1.70. The molecular weight excluding hydrogens is 248 g/mol. The summed E-state index contributed by atoms with van der Waals surface area (Å²) in [6.45, 7) is 1.40. The van der Waals surface area contributed by atoms with E-state index in [0.29, 0.717) is 11.4 Å². The van der Waals surface area contributed by atoms with Gasteiger partial charge in [-0.15, -0.1) is 0 Å². The predicted molar refractivity (Wildman–Crippen MR) is 65.9 cm³/mol. The van der Waals surface area contributed by atoms with Gasteiger partial charge in [0.25, 0.3) is 5.91 Å². The molecule has 7 nitrogen and oxygen atoms in total. The number of rotatable bonds is 4. The molecule has 0 fully saturated rings. The van der Waals surface area contributed by atoms with Crippen LogP contribution in [-0.4, -0.2) is 37.6 Å². The molecule has 0 aliphatic heterocycles. The molecule has 2 rings (SSSR count). The average molecular weight is 260 g/mol. The van der Waals surface area contributed by atoms with Crippen LogP contribution in [0, 0.1) is 0 Å². The van der Waals surface area contributed by atoms with Gasteiger partial charge in [-0.05, 0) is 19.1 Å². The van der Waals surface area contributed by atoms with Crippen LogP contribution in [0.4, 0.5) is 0 Å². The molecule has 0 spiro atoms. The van der Waals surface area contributed by atoms with E-state index in [9.17, 15) is 9.59 Å². The second kappa shape index (κ2) is 5.30. The third-order valence-corrected chi connectivity index (χ3v) is 2.50. The minimum atomic E-state index is -1.09. The van der Waals surface area contributed by atoms with Gasteiger partial charge in [-0.25, -0.2) is 9.97 Å². The molecule has 0 saturated carbocycles. The highest BCUT2D eigenvalue weighted by Gasteiger charge is 2.15. The number of carboxylic acids is 1. The lowest BCUT2D eigenvalue weighted by Gasteiger charge is -2.09. The SMILES string of the molecule is C[C@@H](NC(=O)c1ccc(-n2ccnc2)nc1)C(=O)O. The van der Waals surface area contributed by atoms with E-state index in [1.807, 2.05) is 0 Å². The molecule has 98 valence electrons. The van der Waals surface area contributed by atoms with Gasteiger partial charge >= 0.3 is 5.97 Å². The monoisotopic (exact) mass is 260 g/mol. The standard InChI is InChI=1S/C12H12N4O3/c1-8(12(18)19)15-11(17)9-2-3-10(14-6-9)16-5-4-13-7-16/h2-8H,1H3,(H,15,17)(H,18,19)/t8-/m1/s1. The molecule has 0 saturated heterocycles. The van der Waals surface area contributed by atoms with E-state index in [1.54, 1.807) is 35.4 Å². The number of carbonyl (C=O) groups is 2. The Morgan fingerprint density at radius 2 is 2.21 bits per heavy atom. The smallest absolute Gasteiger partial charge is 0.325 e. The molecule has 0 bridgehead atoms. The Balaban J connectivity index is 2.10. The van der Waals surface area contributed by atoms with Crippen LogP contribution in [-0.2, 0) is 4.79 Å².